The molecule has 2 heteroatoms. The molecule has 1 nitrogen and oxygen atoms in total. The summed E-state index contributed by atoms with van der Waals surface area (Å²) in [5.41, 5.74) is 0. The maximum atomic E-state index is 2.67. The SMILES string of the molecule is CCCB(CCC)N(C(C)C)C(C)C. The molecule has 0 aliphatic carbocycles. The van der Waals surface area contributed by atoms with Gasteiger partial charge in [0, 0.05) is 0 Å². The zero-order valence-electron chi connectivity index (χ0n) is 11.0. The molecule has 0 unspecified atom stereocenters. The molecule has 0 heterocycles. The van der Waals surface area contributed by atoms with E-state index in [4.69, 9.17) is 0 Å². The van der Waals surface area contributed by atoms with Gasteiger partial charge in [-0.05, 0) is 12.1 Å². The van der Waals surface area contributed by atoms with Crippen molar-refractivity contribution in [2.75, 3.05) is 0 Å². The zero-order valence-corrected chi connectivity index (χ0v) is 11.0. The van der Waals surface area contributed by atoms with Crippen LogP contribution in [0.1, 0.15) is 54.4 Å². The number of hydrogen-bond donors (Lipinski definition) is 0. The van der Waals surface area contributed by atoms with E-state index in [0.717, 1.165) is 6.85 Å². The first kappa shape index (κ1) is 14.0. The second-order valence-corrected chi connectivity index (χ2v) is 4.87. The Hall–Kier alpha value is 0.0249. The minimum Gasteiger partial charge on any atom is -0.337 e. The monoisotopic (exact) mass is 197 g/mol. The van der Waals surface area contributed by atoms with Crippen molar-refractivity contribution in [1.82, 2.24) is 4.81 Å². The number of hydrogen-bond acceptors (Lipinski definition) is 1. The summed E-state index contributed by atoms with van der Waals surface area (Å²) in [6.45, 7) is 14.7. The van der Waals surface area contributed by atoms with Crippen molar-refractivity contribution in [3.8, 4) is 0 Å². The van der Waals surface area contributed by atoms with Crippen molar-refractivity contribution in [2.45, 2.75) is 79.1 Å². The van der Waals surface area contributed by atoms with Gasteiger partial charge in [0.1, 0.15) is 0 Å². The largest absolute Gasteiger partial charge is 0.337 e. The van der Waals surface area contributed by atoms with E-state index in [0.29, 0.717) is 12.1 Å². The van der Waals surface area contributed by atoms with E-state index in [9.17, 15) is 0 Å². The van der Waals surface area contributed by atoms with Crippen LogP contribution in [0.25, 0.3) is 0 Å². The summed E-state index contributed by atoms with van der Waals surface area (Å²) in [5, 5.41) is 0. The molecular weight excluding hydrogens is 169 g/mol. The molecule has 0 amide bonds. The van der Waals surface area contributed by atoms with Gasteiger partial charge >= 0.3 is 0 Å². The molecule has 0 aromatic rings. The highest BCUT2D eigenvalue weighted by Gasteiger charge is 2.25. The topological polar surface area (TPSA) is 3.24 Å². The fourth-order valence-electron chi connectivity index (χ4n) is 2.55. The molecule has 84 valence electrons. The molecule has 0 aromatic carbocycles. The summed E-state index contributed by atoms with van der Waals surface area (Å²) < 4.78 is 0. The van der Waals surface area contributed by atoms with E-state index < -0.39 is 0 Å². The van der Waals surface area contributed by atoms with E-state index >= 15 is 0 Å². The molecule has 0 rings (SSSR count). The highest BCUT2D eigenvalue weighted by molar-refractivity contribution is 6.55. The summed E-state index contributed by atoms with van der Waals surface area (Å²) in [4.78, 5) is 2.67. The zero-order chi connectivity index (χ0) is 11.1. The summed E-state index contributed by atoms with van der Waals surface area (Å²) >= 11 is 0. The third-order valence-corrected chi connectivity index (χ3v) is 2.86. The molecule has 0 spiro atoms. The fourth-order valence-corrected chi connectivity index (χ4v) is 2.55. The Morgan fingerprint density at radius 2 is 1.21 bits per heavy atom. The van der Waals surface area contributed by atoms with E-state index in [-0.39, 0.29) is 0 Å². The Labute approximate surface area is 91.4 Å². The van der Waals surface area contributed by atoms with Crippen molar-refractivity contribution in [2.24, 2.45) is 0 Å². The maximum Gasteiger partial charge on any atom is 0.223 e. The van der Waals surface area contributed by atoms with Crippen molar-refractivity contribution < 1.29 is 0 Å². The second kappa shape index (κ2) is 7.33. The Morgan fingerprint density at radius 3 is 1.43 bits per heavy atom. The van der Waals surface area contributed by atoms with Crippen LogP contribution in [0.5, 0.6) is 0 Å². The Kier molecular flexibility index (Phi) is 7.35. The molecule has 0 saturated carbocycles. The minimum absolute atomic E-state index is 0.679. The van der Waals surface area contributed by atoms with Crippen molar-refractivity contribution in [3.63, 3.8) is 0 Å². The lowest BCUT2D eigenvalue weighted by Gasteiger charge is -2.36. The minimum atomic E-state index is 0.679. The predicted molar refractivity (Wildman–Crippen MR) is 68.1 cm³/mol. The van der Waals surface area contributed by atoms with Gasteiger partial charge in [0.05, 0.1) is 0 Å². The highest BCUT2D eigenvalue weighted by Crippen LogP contribution is 2.17. The Morgan fingerprint density at radius 1 is 0.857 bits per heavy atom. The number of nitrogens with zero attached hydrogens (tertiary/aromatic N) is 1. The molecule has 0 bridgehead atoms. The van der Waals surface area contributed by atoms with Gasteiger partial charge in [0.25, 0.3) is 0 Å². The first-order valence-corrected chi connectivity index (χ1v) is 6.31. The van der Waals surface area contributed by atoms with Gasteiger partial charge in [0.2, 0.25) is 6.85 Å². The standard InChI is InChI=1S/C12H28BN/c1-7-9-13(10-8-2)14(11(3)4)12(5)6/h11-12H,7-10H2,1-6H3. The fraction of sp³-hybridized carbons (Fsp3) is 1.00. The van der Waals surface area contributed by atoms with Gasteiger partial charge in [-0.1, -0.05) is 67.0 Å². The highest BCUT2D eigenvalue weighted by atomic mass is 15.1. The summed E-state index contributed by atoms with van der Waals surface area (Å²) in [5.74, 6) is 0. The average Bonchev–Trinajstić information content (AvgIpc) is 2.03. The molecule has 0 atom stereocenters. The van der Waals surface area contributed by atoms with Crippen LogP contribution in [-0.4, -0.2) is 23.7 Å². The Balaban J connectivity index is 4.37. The second-order valence-electron chi connectivity index (χ2n) is 4.87. The molecular formula is C12H28BN. The van der Waals surface area contributed by atoms with Crippen LogP contribution in [0.2, 0.25) is 12.6 Å². The average molecular weight is 197 g/mol. The summed E-state index contributed by atoms with van der Waals surface area (Å²) in [6.07, 6.45) is 5.32. The number of rotatable bonds is 7. The van der Waals surface area contributed by atoms with Crippen molar-refractivity contribution in [1.29, 1.82) is 0 Å². The van der Waals surface area contributed by atoms with Crippen molar-refractivity contribution >= 4 is 6.85 Å². The smallest absolute Gasteiger partial charge is 0.223 e. The van der Waals surface area contributed by atoms with Gasteiger partial charge < -0.3 is 4.81 Å². The lowest BCUT2D eigenvalue weighted by molar-refractivity contribution is 0.300. The van der Waals surface area contributed by atoms with Crippen LogP contribution in [0.4, 0.5) is 0 Å². The van der Waals surface area contributed by atoms with Crippen molar-refractivity contribution in [3.05, 3.63) is 0 Å². The Bertz CT molecular complexity index is 120. The molecule has 14 heavy (non-hydrogen) atoms. The molecule has 0 aromatic heterocycles. The third kappa shape index (κ3) is 4.50. The molecule has 0 fully saturated rings. The molecule has 0 saturated heterocycles. The van der Waals surface area contributed by atoms with Gasteiger partial charge in [-0.2, -0.15) is 0 Å². The molecule has 0 aliphatic rings. The van der Waals surface area contributed by atoms with Gasteiger partial charge in [-0.15, -0.1) is 0 Å². The predicted octanol–water partition coefficient (Wildman–Crippen LogP) is 3.92. The van der Waals surface area contributed by atoms with Gasteiger partial charge in [-0.3, -0.25) is 0 Å². The summed E-state index contributed by atoms with van der Waals surface area (Å²) in [6, 6.07) is 1.36. The van der Waals surface area contributed by atoms with E-state index in [1.807, 2.05) is 0 Å². The van der Waals surface area contributed by atoms with Crippen LogP contribution < -0.4 is 0 Å². The van der Waals surface area contributed by atoms with Gasteiger partial charge in [0.15, 0.2) is 0 Å². The van der Waals surface area contributed by atoms with E-state index in [1.54, 1.807) is 0 Å². The summed E-state index contributed by atoms with van der Waals surface area (Å²) in [7, 11) is 0. The molecule has 0 radical (unpaired) electrons. The normalized spacial score (nSPS) is 11.8. The van der Waals surface area contributed by atoms with Gasteiger partial charge in [-0.25, -0.2) is 0 Å². The maximum absolute atomic E-state index is 2.67. The lowest BCUT2D eigenvalue weighted by atomic mass is 9.52. The third-order valence-electron chi connectivity index (χ3n) is 2.86. The van der Waals surface area contributed by atoms with E-state index in [2.05, 4.69) is 46.4 Å². The van der Waals surface area contributed by atoms with E-state index in [1.165, 1.54) is 25.5 Å². The van der Waals surface area contributed by atoms with Crippen LogP contribution in [0.3, 0.4) is 0 Å². The quantitative estimate of drug-likeness (QED) is 0.559. The van der Waals surface area contributed by atoms with Crippen LogP contribution >= 0.6 is 0 Å². The van der Waals surface area contributed by atoms with Crippen LogP contribution in [0.15, 0.2) is 0 Å². The van der Waals surface area contributed by atoms with Crippen LogP contribution in [0, 0.1) is 0 Å². The lowest BCUT2D eigenvalue weighted by Crippen LogP contribution is -2.47. The first-order chi connectivity index (χ1) is 6.54. The first-order valence-electron chi connectivity index (χ1n) is 6.31. The molecule has 0 N–H and O–H groups in total. The van der Waals surface area contributed by atoms with Crippen LogP contribution in [-0.2, 0) is 0 Å². The molecule has 0 aliphatic heterocycles.